The van der Waals surface area contributed by atoms with E-state index in [-0.39, 0.29) is 0 Å². The SMILES string of the molecule is CSC1(CNCc2ccnc3ccccc23)CCCCC1. The minimum atomic E-state index is 0.459. The molecule has 0 bridgehead atoms. The Hall–Kier alpha value is -1.06. The molecule has 1 aliphatic rings. The minimum Gasteiger partial charge on any atom is -0.311 e. The molecule has 1 heterocycles. The summed E-state index contributed by atoms with van der Waals surface area (Å²) in [6.45, 7) is 2.05. The maximum atomic E-state index is 4.44. The van der Waals surface area contributed by atoms with Crippen LogP contribution in [0.4, 0.5) is 0 Å². The van der Waals surface area contributed by atoms with Gasteiger partial charge in [-0.15, -0.1) is 0 Å². The molecule has 1 aliphatic carbocycles. The van der Waals surface area contributed by atoms with Crippen molar-refractivity contribution >= 4 is 22.7 Å². The summed E-state index contributed by atoms with van der Waals surface area (Å²) in [6, 6.07) is 10.5. The molecule has 1 aromatic heterocycles. The van der Waals surface area contributed by atoms with Crippen molar-refractivity contribution in [2.75, 3.05) is 12.8 Å². The number of nitrogens with one attached hydrogen (secondary N) is 1. The molecule has 1 N–H and O–H groups in total. The lowest BCUT2D eigenvalue weighted by Gasteiger charge is -2.36. The number of thioether (sulfide) groups is 1. The van der Waals surface area contributed by atoms with Crippen molar-refractivity contribution < 1.29 is 0 Å². The first-order valence-corrected chi connectivity index (χ1v) is 9.14. The van der Waals surface area contributed by atoms with Gasteiger partial charge >= 0.3 is 0 Å². The number of hydrogen-bond donors (Lipinski definition) is 1. The number of fused-ring (bicyclic) bond motifs is 1. The zero-order valence-corrected chi connectivity index (χ0v) is 13.6. The molecule has 0 amide bonds. The van der Waals surface area contributed by atoms with Crippen molar-refractivity contribution in [3.63, 3.8) is 0 Å². The topological polar surface area (TPSA) is 24.9 Å². The van der Waals surface area contributed by atoms with Gasteiger partial charge in [0.1, 0.15) is 0 Å². The van der Waals surface area contributed by atoms with Gasteiger partial charge in [-0.3, -0.25) is 4.98 Å². The van der Waals surface area contributed by atoms with Crippen LogP contribution in [0.2, 0.25) is 0 Å². The van der Waals surface area contributed by atoms with Crippen LogP contribution in [0.15, 0.2) is 36.5 Å². The molecule has 2 aromatic rings. The second-order valence-corrected chi connectivity index (χ2v) is 7.31. The van der Waals surface area contributed by atoms with Crippen LogP contribution in [0.3, 0.4) is 0 Å². The molecule has 0 atom stereocenters. The van der Waals surface area contributed by atoms with Crippen molar-refractivity contribution in [2.24, 2.45) is 0 Å². The van der Waals surface area contributed by atoms with Gasteiger partial charge in [0.15, 0.2) is 0 Å². The van der Waals surface area contributed by atoms with Gasteiger partial charge in [-0.2, -0.15) is 11.8 Å². The predicted octanol–water partition coefficient (Wildman–Crippen LogP) is 4.39. The van der Waals surface area contributed by atoms with E-state index >= 15 is 0 Å². The molecule has 3 rings (SSSR count). The van der Waals surface area contributed by atoms with Gasteiger partial charge in [-0.1, -0.05) is 37.5 Å². The smallest absolute Gasteiger partial charge is 0.0705 e. The van der Waals surface area contributed by atoms with Gasteiger partial charge < -0.3 is 5.32 Å². The van der Waals surface area contributed by atoms with E-state index in [1.54, 1.807) is 0 Å². The lowest BCUT2D eigenvalue weighted by atomic mass is 9.88. The normalized spacial score (nSPS) is 18.0. The third-order valence-electron chi connectivity index (χ3n) is 4.70. The molecule has 112 valence electrons. The molecule has 21 heavy (non-hydrogen) atoms. The van der Waals surface area contributed by atoms with Crippen LogP contribution in [-0.4, -0.2) is 22.5 Å². The molecule has 0 unspecified atom stereocenters. The average molecular weight is 300 g/mol. The number of rotatable bonds is 5. The van der Waals surface area contributed by atoms with Crippen LogP contribution < -0.4 is 5.32 Å². The van der Waals surface area contributed by atoms with Crippen molar-refractivity contribution in [3.8, 4) is 0 Å². The summed E-state index contributed by atoms with van der Waals surface area (Å²) in [4.78, 5) is 4.44. The molecular formula is C18H24N2S. The molecule has 1 fully saturated rings. The van der Waals surface area contributed by atoms with E-state index in [4.69, 9.17) is 0 Å². The summed E-state index contributed by atoms with van der Waals surface area (Å²) in [6.07, 6.45) is 11.1. The summed E-state index contributed by atoms with van der Waals surface area (Å²) < 4.78 is 0.459. The highest BCUT2D eigenvalue weighted by molar-refractivity contribution is 8.00. The van der Waals surface area contributed by atoms with Crippen molar-refractivity contribution in [3.05, 3.63) is 42.1 Å². The number of hydrogen-bond acceptors (Lipinski definition) is 3. The fraction of sp³-hybridized carbons (Fsp3) is 0.500. The number of para-hydroxylation sites is 1. The van der Waals surface area contributed by atoms with E-state index < -0.39 is 0 Å². The highest BCUT2D eigenvalue weighted by Crippen LogP contribution is 2.38. The second-order valence-electron chi connectivity index (χ2n) is 6.04. The van der Waals surface area contributed by atoms with E-state index in [0.29, 0.717) is 4.75 Å². The largest absolute Gasteiger partial charge is 0.311 e. The van der Waals surface area contributed by atoms with Gasteiger partial charge in [-0.25, -0.2) is 0 Å². The summed E-state index contributed by atoms with van der Waals surface area (Å²) in [7, 11) is 0. The van der Waals surface area contributed by atoms with Gasteiger partial charge in [0.25, 0.3) is 0 Å². The predicted molar refractivity (Wildman–Crippen MR) is 92.8 cm³/mol. The molecule has 1 saturated carbocycles. The van der Waals surface area contributed by atoms with Gasteiger partial charge in [0.2, 0.25) is 0 Å². The second kappa shape index (κ2) is 6.80. The Morgan fingerprint density at radius 2 is 1.95 bits per heavy atom. The summed E-state index contributed by atoms with van der Waals surface area (Å²) >= 11 is 2.06. The summed E-state index contributed by atoms with van der Waals surface area (Å²) in [5.74, 6) is 0. The molecule has 0 saturated heterocycles. The van der Waals surface area contributed by atoms with E-state index in [1.165, 1.54) is 43.1 Å². The van der Waals surface area contributed by atoms with Crippen LogP contribution in [0.25, 0.3) is 10.9 Å². The zero-order chi connectivity index (χ0) is 14.5. The van der Waals surface area contributed by atoms with Crippen LogP contribution in [0, 0.1) is 0 Å². The molecule has 2 nitrogen and oxygen atoms in total. The van der Waals surface area contributed by atoms with Crippen molar-refractivity contribution in [1.82, 2.24) is 10.3 Å². The third-order valence-corrected chi connectivity index (χ3v) is 6.12. The van der Waals surface area contributed by atoms with E-state index in [9.17, 15) is 0 Å². The zero-order valence-electron chi connectivity index (χ0n) is 12.8. The quantitative estimate of drug-likeness (QED) is 0.886. The molecule has 0 spiro atoms. The lowest BCUT2D eigenvalue weighted by Crippen LogP contribution is -2.39. The number of aromatic nitrogens is 1. The Kier molecular flexibility index (Phi) is 4.81. The van der Waals surface area contributed by atoms with Crippen LogP contribution >= 0.6 is 11.8 Å². The molecule has 0 aliphatic heterocycles. The Morgan fingerprint density at radius 3 is 2.76 bits per heavy atom. The number of benzene rings is 1. The van der Waals surface area contributed by atoms with Gasteiger partial charge in [-0.05, 0) is 36.8 Å². The van der Waals surface area contributed by atoms with Crippen molar-refractivity contribution in [1.29, 1.82) is 0 Å². The number of pyridine rings is 1. The molecular weight excluding hydrogens is 276 g/mol. The van der Waals surface area contributed by atoms with Crippen LogP contribution in [-0.2, 0) is 6.54 Å². The van der Waals surface area contributed by atoms with Gasteiger partial charge in [0.05, 0.1) is 5.52 Å². The Morgan fingerprint density at radius 1 is 1.14 bits per heavy atom. The highest BCUT2D eigenvalue weighted by Gasteiger charge is 2.30. The Balaban J connectivity index is 1.66. The van der Waals surface area contributed by atoms with E-state index in [1.807, 2.05) is 6.20 Å². The molecule has 3 heteroatoms. The molecule has 0 radical (unpaired) electrons. The van der Waals surface area contributed by atoms with Crippen LogP contribution in [0.5, 0.6) is 0 Å². The fourth-order valence-electron chi connectivity index (χ4n) is 3.38. The standard InChI is InChI=1S/C18H24N2S/c1-21-18(10-5-2-6-11-18)14-19-13-15-9-12-20-17-8-4-3-7-16(15)17/h3-4,7-9,12,19H,2,5-6,10-11,13-14H2,1H3. The van der Waals surface area contributed by atoms with Crippen molar-refractivity contribution in [2.45, 2.75) is 43.4 Å². The highest BCUT2D eigenvalue weighted by atomic mass is 32.2. The first kappa shape index (κ1) is 14.9. The first-order valence-electron chi connectivity index (χ1n) is 7.91. The Bertz CT molecular complexity index is 585. The lowest BCUT2D eigenvalue weighted by molar-refractivity contribution is 0.379. The van der Waals surface area contributed by atoms with Crippen LogP contribution in [0.1, 0.15) is 37.7 Å². The minimum absolute atomic E-state index is 0.459. The van der Waals surface area contributed by atoms with E-state index in [0.717, 1.165) is 18.6 Å². The fourth-order valence-corrected chi connectivity index (χ4v) is 4.33. The maximum absolute atomic E-state index is 4.44. The average Bonchev–Trinajstić information content (AvgIpc) is 2.56. The third kappa shape index (κ3) is 3.41. The maximum Gasteiger partial charge on any atom is 0.0705 e. The first-order chi connectivity index (χ1) is 10.3. The number of nitrogens with zero attached hydrogens (tertiary/aromatic N) is 1. The monoisotopic (exact) mass is 300 g/mol. The summed E-state index contributed by atoms with van der Waals surface area (Å²) in [5.41, 5.74) is 2.45. The van der Waals surface area contributed by atoms with E-state index in [2.05, 4.69) is 58.7 Å². The molecule has 1 aromatic carbocycles. The summed E-state index contributed by atoms with van der Waals surface area (Å²) in [5, 5.41) is 4.98. The van der Waals surface area contributed by atoms with Gasteiger partial charge in [0, 0.05) is 29.4 Å². The Labute approximate surface area is 131 Å².